The van der Waals surface area contributed by atoms with E-state index in [2.05, 4.69) is 15.6 Å². The minimum Gasteiger partial charge on any atom is -0.324 e. The predicted octanol–water partition coefficient (Wildman–Crippen LogP) is 2.94. The summed E-state index contributed by atoms with van der Waals surface area (Å²) in [7, 11) is 0. The van der Waals surface area contributed by atoms with Gasteiger partial charge in [-0.3, -0.25) is 14.6 Å². The average molecular weight is 357 g/mol. The van der Waals surface area contributed by atoms with Crippen LogP contribution in [0.5, 0.6) is 0 Å². The third-order valence-electron chi connectivity index (χ3n) is 3.54. The normalized spacial score (nSPS) is 18.2. The first-order valence-corrected chi connectivity index (χ1v) is 8.60. The number of halogens is 1. The van der Waals surface area contributed by atoms with Gasteiger partial charge in [0.1, 0.15) is 11.1 Å². The lowest BCUT2D eigenvalue weighted by molar-refractivity contribution is -0.122. The standard InChI is InChI=1S/C18H16FN3O2S/c19-13-8-4-5-9-14(13)21-16(23)10-15-17(24)22-18(25-15)20-11-12-6-2-1-3-7-12/h1-9,15H,10-11H2,(H,21,23)(H,20,22,24). The summed E-state index contributed by atoms with van der Waals surface area (Å²) in [6, 6.07) is 15.6. The maximum Gasteiger partial charge on any atom is 0.240 e. The SMILES string of the molecule is O=C(CC1SC(=NCc2ccccc2)NC1=O)Nc1ccccc1F. The van der Waals surface area contributed by atoms with E-state index in [0.717, 1.165) is 5.56 Å². The van der Waals surface area contributed by atoms with Crippen molar-refractivity contribution in [3.05, 3.63) is 66.0 Å². The van der Waals surface area contributed by atoms with Crippen LogP contribution < -0.4 is 10.6 Å². The van der Waals surface area contributed by atoms with Gasteiger partial charge < -0.3 is 10.6 Å². The van der Waals surface area contributed by atoms with Crippen LogP contribution in [0.15, 0.2) is 59.6 Å². The summed E-state index contributed by atoms with van der Waals surface area (Å²) >= 11 is 1.22. The minimum atomic E-state index is -0.568. The van der Waals surface area contributed by atoms with E-state index in [4.69, 9.17) is 0 Å². The molecule has 0 spiro atoms. The van der Waals surface area contributed by atoms with Crippen LogP contribution in [0.3, 0.4) is 0 Å². The Morgan fingerprint density at radius 3 is 2.64 bits per heavy atom. The summed E-state index contributed by atoms with van der Waals surface area (Å²) in [6.07, 6.45) is -0.0464. The van der Waals surface area contributed by atoms with Crippen LogP contribution in [-0.2, 0) is 16.1 Å². The number of amides is 2. The van der Waals surface area contributed by atoms with Crippen molar-refractivity contribution in [2.75, 3.05) is 5.32 Å². The fraction of sp³-hybridized carbons (Fsp3) is 0.167. The van der Waals surface area contributed by atoms with Gasteiger partial charge in [-0.25, -0.2) is 4.39 Å². The van der Waals surface area contributed by atoms with E-state index < -0.39 is 17.0 Å². The van der Waals surface area contributed by atoms with Crippen molar-refractivity contribution in [2.24, 2.45) is 4.99 Å². The molecule has 0 saturated carbocycles. The molecule has 7 heteroatoms. The molecule has 3 rings (SSSR count). The third kappa shape index (κ3) is 4.67. The molecule has 1 heterocycles. The monoisotopic (exact) mass is 357 g/mol. The summed E-state index contributed by atoms with van der Waals surface area (Å²) < 4.78 is 13.5. The lowest BCUT2D eigenvalue weighted by atomic mass is 10.2. The van der Waals surface area contributed by atoms with E-state index >= 15 is 0 Å². The fourth-order valence-corrected chi connectivity index (χ4v) is 3.26. The Bertz CT molecular complexity index is 811. The minimum absolute atomic E-state index is 0.0464. The molecular weight excluding hydrogens is 341 g/mol. The quantitative estimate of drug-likeness (QED) is 0.864. The Balaban J connectivity index is 1.56. The maximum atomic E-state index is 13.5. The molecule has 2 amide bonds. The molecule has 1 aliphatic rings. The van der Waals surface area contributed by atoms with E-state index in [9.17, 15) is 14.0 Å². The van der Waals surface area contributed by atoms with Gasteiger partial charge in [-0.1, -0.05) is 54.2 Å². The predicted molar refractivity (Wildman–Crippen MR) is 96.7 cm³/mol. The van der Waals surface area contributed by atoms with E-state index in [-0.39, 0.29) is 18.0 Å². The van der Waals surface area contributed by atoms with Crippen LogP contribution in [0.1, 0.15) is 12.0 Å². The van der Waals surface area contributed by atoms with Gasteiger partial charge in [-0.05, 0) is 17.7 Å². The van der Waals surface area contributed by atoms with Crippen molar-refractivity contribution in [2.45, 2.75) is 18.2 Å². The highest BCUT2D eigenvalue weighted by molar-refractivity contribution is 8.15. The number of nitrogens with one attached hydrogen (secondary N) is 2. The Morgan fingerprint density at radius 2 is 1.88 bits per heavy atom. The Morgan fingerprint density at radius 1 is 1.16 bits per heavy atom. The van der Waals surface area contributed by atoms with Gasteiger partial charge in [-0.15, -0.1) is 0 Å². The first kappa shape index (κ1) is 17.2. The first-order valence-electron chi connectivity index (χ1n) is 7.72. The zero-order chi connectivity index (χ0) is 17.6. The van der Waals surface area contributed by atoms with E-state index in [0.29, 0.717) is 11.7 Å². The summed E-state index contributed by atoms with van der Waals surface area (Å²) in [5.74, 6) is -1.19. The number of anilines is 1. The summed E-state index contributed by atoms with van der Waals surface area (Å²) in [4.78, 5) is 28.4. The highest BCUT2D eigenvalue weighted by atomic mass is 32.2. The molecule has 1 unspecified atom stereocenters. The number of nitrogens with zero attached hydrogens (tertiary/aromatic N) is 1. The zero-order valence-electron chi connectivity index (χ0n) is 13.2. The van der Waals surface area contributed by atoms with E-state index in [1.165, 1.54) is 23.9 Å². The molecule has 0 aromatic heterocycles. The van der Waals surface area contributed by atoms with Crippen LogP contribution in [0.25, 0.3) is 0 Å². The van der Waals surface area contributed by atoms with Crippen LogP contribution in [0, 0.1) is 5.82 Å². The summed E-state index contributed by atoms with van der Waals surface area (Å²) in [6.45, 7) is 0.456. The van der Waals surface area contributed by atoms with Crippen molar-refractivity contribution in [1.82, 2.24) is 5.32 Å². The number of amidine groups is 1. The van der Waals surface area contributed by atoms with Gasteiger partial charge in [0, 0.05) is 6.42 Å². The number of benzene rings is 2. The highest BCUT2D eigenvalue weighted by Crippen LogP contribution is 2.23. The number of hydrogen-bond donors (Lipinski definition) is 2. The topological polar surface area (TPSA) is 70.6 Å². The van der Waals surface area contributed by atoms with E-state index in [1.807, 2.05) is 30.3 Å². The molecule has 0 aliphatic carbocycles. The number of aliphatic imine (C=N–C) groups is 1. The molecule has 1 saturated heterocycles. The van der Waals surface area contributed by atoms with Gasteiger partial charge in [0.2, 0.25) is 11.8 Å². The molecule has 1 aliphatic heterocycles. The van der Waals surface area contributed by atoms with E-state index in [1.54, 1.807) is 12.1 Å². The van der Waals surface area contributed by atoms with Gasteiger partial charge in [-0.2, -0.15) is 0 Å². The van der Waals surface area contributed by atoms with Crippen LogP contribution in [0.4, 0.5) is 10.1 Å². The van der Waals surface area contributed by atoms with Crippen molar-refractivity contribution in [1.29, 1.82) is 0 Å². The molecule has 2 aromatic rings. The zero-order valence-corrected chi connectivity index (χ0v) is 14.1. The molecule has 2 N–H and O–H groups in total. The summed E-state index contributed by atoms with van der Waals surface area (Å²) in [5.41, 5.74) is 1.14. The second-order valence-corrected chi connectivity index (χ2v) is 6.63. The highest BCUT2D eigenvalue weighted by Gasteiger charge is 2.32. The van der Waals surface area contributed by atoms with Crippen LogP contribution >= 0.6 is 11.8 Å². The number of para-hydroxylation sites is 1. The fourth-order valence-electron chi connectivity index (χ4n) is 2.29. The van der Waals surface area contributed by atoms with Crippen molar-refractivity contribution < 1.29 is 14.0 Å². The third-order valence-corrected chi connectivity index (χ3v) is 4.66. The number of carbonyl (C=O) groups excluding carboxylic acids is 2. The average Bonchev–Trinajstić information content (AvgIpc) is 2.96. The lowest BCUT2D eigenvalue weighted by Gasteiger charge is -2.08. The second-order valence-electron chi connectivity index (χ2n) is 5.43. The molecule has 5 nitrogen and oxygen atoms in total. The Hall–Kier alpha value is -2.67. The molecule has 128 valence electrons. The summed E-state index contributed by atoms with van der Waals surface area (Å²) in [5, 5.41) is 5.09. The lowest BCUT2D eigenvalue weighted by Crippen LogP contribution is -2.28. The van der Waals surface area contributed by atoms with Crippen LogP contribution in [-0.4, -0.2) is 22.2 Å². The van der Waals surface area contributed by atoms with Gasteiger partial charge in [0.15, 0.2) is 5.17 Å². The van der Waals surface area contributed by atoms with Crippen molar-refractivity contribution >= 4 is 34.4 Å². The number of carbonyl (C=O) groups is 2. The maximum absolute atomic E-state index is 13.5. The molecule has 0 radical (unpaired) electrons. The molecule has 1 atom stereocenters. The van der Waals surface area contributed by atoms with Crippen molar-refractivity contribution in [3.63, 3.8) is 0 Å². The molecule has 0 bridgehead atoms. The Labute approximate surface area is 148 Å². The van der Waals surface area contributed by atoms with Gasteiger partial charge in [0.25, 0.3) is 0 Å². The molecule has 1 fully saturated rings. The molecular formula is C18H16FN3O2S. The van der Waals surface area contributed by atoms with Gasteiger partial charge >= 0.3 is 0 Å². The smallest absolute Gasteiger partial charge is 0.240 e. The largest absolute Gasteiger partial charge is 0.324 e. The van der Waals surface area contributed by atoms with Crippen molar-refractivity contribution in [3.8, 4) is 0 Å². The number of rotatable bonds is 5. The second kappa shape index (κ2) is 7.94. The molecule has 25 heavy (non-hydrogen) atoms. The van der Waals surface area contributed by atoms with Gasteiger partial charge in [0.05, 0.1) is 12.2 Å². The number of thioether (sulfide) groups is 1. The number of hydrogen-bond acceptors (Lipinski definition) is 4. The first-order chi connectivity index (χ1) is 12.1. The van der Waals surface area contributed by atoms with Crippen LogP contribution in [0.2, 0.25) is 0 Å². The Kier molecular flexibility index (Phi) is 5.45. The molecule has 2 aromatic carbocycles.